The third kappa shape index (κ3) is 4.31. The number of carbonyl (C=O) groups is 1. The highest BCUT2D eigenvalue weighted by molar-refractivity contribution is 7.99. The van der Waals surface area contributed by atoms with Gasteiger partial charge in [0.2, 0.25) is 0 Å². The molecule has 0 unspecified atom stereocenters. The molecular weight excluding hydrogens is 474 g/mol. The zero-order valence-corrected chi connectivity index (χ0v) is 19.7. The number of methoxy groups -OCH3 is 1. The van der Waals surface area contributed by atoms with Crippen LogP contribution in [0.2, 0.25) is 5.02 Å². The van der Waals surface area contributed by atoms with Gasteiger partial charge < -0.3 is 4.74 Å². The predicted molar refractivity (Wildman–Crippen MR) is 128 cm³/mol. The van der Waals surface area contributed by atoms with Crippen LogP contribution in [0.5, 0.6) is 5.75 Å². The van der Waals surface area contributed by atoms with Gasteiger partial charge in [-0.2, -0.15) is 0 Å². The molecule has 2 aromatic heterocycles. The molecule has 10 heteroatoms. The molecular formula is C21H16ClN3O3S3. The fourth-order valence-corrected chi connectivity index (χ4v) is 5.30. The van der Waals surface area contributed by atoms with Crippen LogP contribution in [0.4, 0.5) is 0 Å². The van der Waals surface area contributed by atoms with E-state index in [1.807, 2.05) is 24.3 Å². The van der Waals surface area contributed by atoms with Crippen LogP contribution in [0, 0.1) is 3.95 Å². The number of hydrogen-bond donors (Lipinski definition) is 0. The summed E-state index contributed by atoms with van der Waals surface area (Å²) in [6.45, 7) is 0. The highest BCUT2D eigenvalue weighted by atomic mass is 35.5. The number of fused-ring (bicyclic) bond motifs is 1. The Hall–Kier alpha value is -2.46. The summed E-state index contributed by atoms with van der Waals surface area (Å²) >= 11 is 13.8. The third-order valence-corrected chi connectivity index (χ3v) is 7.22. The van der Waals surface area contributed by atoms with Gasteiger partial charge in [0.15, 0.2) is 20.5 Å². The lowest BCUT2D eigenvalue weighted by atomic mass is 10.1. The monoisotopic (exact) mass is 489 g/mol. The predicted octanol–water partition coefficient (Wildman–Crippen LogP) is 5.15. The summed E-state index contributed by atoms with van der Waals surface area (Å²) in [7, 11) is 3.23. The van der Waals surface area contributed by atoms with Gasteiger partial charge in [0, 0.05) is 23.7 Å². The van der Waals surface area contributed by atoms with Crippen molar-refractivity contribution in [2.75, 3.05) is 12.9 Å². The van der Waals surface area contributed by atoms with E-state index in [0.29, 0.717) is 35.8 Å². The fraction of sp³-hybridized carbons (Fsp3) is 0.143. The van der Waals surface area contributed by atoms with Gasteiger partial charge in [-0.1, -0.05) is 40.8 Å². The average Bonchev–Trinajstić information content (AvgIpc) is 3.11. The molecule has 0 N–H and O–H groups in total. The topological polar surface area (TPSA) is 66.1 Å². The second kappa shape index (κ2) is 8.96. The molecule has 0 bridgehead atoms. The van der Waals surface area contributed by atoms with Crippen LogP contribution in [0.15, 0.2) is 58.5 Å². The molecule has 0 radical (unpaired) electrons. The Morgan fingerprint density at radius 3 is 2.71 bits per heavy atom. The van der Waals surface area contributed by atoms with Gasteiger partial charge in [-0.3, -0.25) is 18.7 Å². The Morgan fingerprint density at radius 1 is 1.26 bits per heavy atom. The van der Waals surface area contributed by atoms with Gasteiger partial charge in [0.05, 0.1) is 18.6 Å². The molecule has 0 spiro atoms. The molecule has 0 saturated carbocycles. The van der Waals surface area contributed by atoms with Crippen LogP contribution in [-0.2, 0) is 7.05 Å². The molecule has 158 valence electrons. The van der Waals surface area contributed by atoms with E-state index in [0.717, 1.165) is 5.69 Å². The number of thioether (sulfide) groups is 1. The summed E-state index contributed by atoms with van der Waals surface area (Å²) in [4.78, 5) is 30.2. The number of carbonyl (C=O) groups excluding carboxylic acids is 1. The Bertz CT molecular complexity index is 1410. The maximum Gasteiger partial charge on any atom is 0.273 e. The van der Waals surface area contributed by atoms with Crippen molar-refractivity contribution in [1.82, 2.24) is 14.1 Å². The molecule has 0 aliphatic heterocycles. The highest BCUT2D eigenvalue weighted by Crippen LogP contribution is 2.27. The van der Waals surface area contributed by atoms with Crippen molar-refractivity contribution in [2.45, 2.75) is 5.16 Å². The first-order valence-corrected chi connectivity index (χ1v) is 11.7. The van der Waals surface area contributed by atoms with E-state index in [-0.39, 0.29) is 17.1 Å². The standard InChI is InChI=1S/C21H16ClN3O3S3/c1-24-19(27)17-18(25(21(29)31-17)14-4-3-5-15(10-14)28-2)23-20(24)30-11-16(26)12-6-8-13(22)9-7-12/h3-10H,11H2,1-2H3. The lowest BCUT2D eigenvalue weighted by Crippen LogP contribution is -2.20. The summed E-state index contributed by atoms with van der Waals surface area (Å²) in [6, 6.07) is 14.1. The number of thiazole rings is 1. The van der Waals surface area contributed by atoms with E-state index in [4.69, 9.17) is 28.6 Å². The maximum absolute atomic E-state index is 13.0. The van der Waals surface area contributed by atoms with Crippen molar-refractivity contribution in [3.63, 3.8) is 0 Å². The van der Waals surface area contributed by atoms with Crippen LogP contribution in [0.25, 0.3) is 16.0 Å². The number of hydrogen-bond acceptors (Lipinski definition) is 7. The smallest absolute Gasteiger partial charge is 0.273 e. The minimum absolute atomic E-state index is 0.0778. The normalized spacial score (nSPS) is 11.1. The van der Waals surface area contributed by atoms with Gasteiger partial charge in [-0.15, -0.1) is 0 Å². The molecule has 2 aromatic carbocycles. The highest BCUT2D eigenvalue weighted by Gasteiger charge is 2.17. The number of benzene rings is 2. The van der Waals surface area contributed by atoms with Crippen molar-refractivity contribution >= 4 is 63.0 Å². The van der Waals surface area contributed by atoms with E-state index in [1.165, 1.54) is 27.7 Å². The molecule has 0 atom stereocenters. The average molecular weight is 490 g/mol. The zero-order chi connectivity index (χ0) is 22.1. The van der Waals surface area contributed by atoms with Gasteiger partial charge in [0.25, 0.3) is 5.56 Å². The number of ketones is 1. The molecule has 2 heterocycles. The number of aromatic nitrogens is 3. The van der Waals surface area contributed by atoms with Crippen molar-refractivity contribution in [2.24, 2.45) is 7.05 Å². The largest absolute Gasteiger partial charge is 0.497 e. The zero-order valence-electron chi connectivity index (χ0n) is 16.5. The van der Waals surface area contributed by atoms with Crippen LogP contribution < -0.4 is 10.3 Å². The summed E-state index contributed by atoms with van der Waals surface area (Å²) in [6.07, 6.45) is 0. The maximum atomic E-state index is 13.0. The summed E-state index contributed by atoms with van der Waals surface area (Å²) in [5.74, 6) is 0.731. The minimum atomic E-state index is -0.204. The summed E-state index contributed by atoms with van der Waals surface area (Å²) in [5, 5.41) is 1.00. The van der Waals surface area contributed by atoms with Crippen LogP contribution in [0.1, 0.15) is 10.4 Å². The van der Waals surface area contributed by atoms with Crippen LogP contribution >= 0.6 is 46.9 Å². The lowest BCUT2D eigenvalue weighted by molar-refractivity contribution is 0.102. The molecule has 0 aliphatic rings. The van der Waals surface area contributed by atoms with Crippen molar-refractivity contribution in [3.8, 4) is 11.4 Å². The van der Waals surface area contributed by atoms with Crippen LogP contribution in [0.3, 0.4) is 0 Å². The minimum Gasteiger partial charge on any atom is -0.497 e. The summed E-state index contributed by atoms with van der Waals surface area (Å²) < 4.78 is 9.48. The quantitative estimate of drug-likeness (QED) is 0.161. The third-order valence-electron chi connectivity index (χ3n) is 4.58. The molecule has 6 nitrogen and oxygen atoms in total. The van der Waals surface area contributed by atoms with E-state index in [1.54, 1.807) is 43.0 Å². The fourth-order valence-electron chi connectivity index (χ4n) is 2.97. The van der Waals surface area contributed by atoms with Crippen molar-refractivity contribution in [1.29, 1.82) is 0 Å². The Kier molecular flexibility index (Phi) is 6.29. The number of nitrogens with zero attached hydrogens (tertiary/aromatic N) is 3. The molecule has 0 aliphatic carbocycles. The van der Waals surface area contributed by atoms with Crippen molar-refractivity contribution in [3.05, 3.63) is 73.4 Å². The summed E-state index contributed by atoms with van der Waals surface area (Å²) in [5.41, 5.74) is 1.57. The number of Topliss-reactive ketones (excluding diaryl/α,β-unsaturated/α-hetero) is 1. The van der Waals surface area contributed by atoms with Gasteiger partial charge in [-0.05, 0) is 48.6 Å². The second-order valence-corrected chi connectivity index (χ2v) is 9.56. The van der Waals surface area contributed by atoms with Crippen molar-refractivity contribution < 1.29 is 9.53 Å². The second-order valence-electron chi connectivity index (χ2n) is 6.53. The number of ether oxygens (including phenoxy) is 1. The molecule has 0 amide bonds. The SMILES string of the molecule is COc1cccc(-n2c(=S)sc3c(=O)n(C)c(SCC(=O)c4ccc(Cl)cc4)nc32)c1. The van der Waals surface area contributed by atoms with Gasteiger partial charge in [0.1, 0.15) is 10.4 Å². The Labute approximate surface area is 196 Å². The Morgan fingerprint density at radius 2 is 2.00 bits per heavy atom. The van der Waals surface area contributed by atoms with E-state index in [9.17, 15) is 9.59 Å². The van der Waals surface area contributed by atoms with Crippen LogP contribution in [-0.4, -0.2) is 32.8 Å². The van der Waals surface area contributed by atoms with Gasteiger partial charge in [-0.25, -0.2) is 4.98 Å². The molecule has 0 fully saturated rings. The van der Waals surface area contributed by atoms with E-state index in [2.05, 4.69) is 4.98 Å². The first-order valence-electron chi connectivity index (χ1n) is 9.07. The van der Waals surface area contributed by atoms with E-state index < -0.39 is 0 Å². The Balaban J connectivity index is 1.74. The first-order chi connectivity index (χ1) is 14.9. The lowest BCUT2D eigenvalue weighted by Gasteiger charge is -2.10. The number of halogens is 1. The van der Waals surface area contributed by atoms with Gasteiger partial charge >= 0.3 is 0 Å². The number of rotatable bonds is 6. The molecule has 4 aromatic rings. The molecule has 31 heavy (non-hydrogen) atoms. The first kappa shape index (κ1) is 21.8. The van der Waals surface area contributed by atoms with E-state index >= 15 is 0 Å². The molecule has 4 rings (SSSR count). The molecule has 0 saturated heterocycles.